The van der Waals surface area contributed by atoms with Crippen LogP contribution in [0.1, 0.15) is 6.42 Å². The first-order chi connectivity index (χ1) is 14.3. The average Bonchev–Trinajstić information content (AvgIpc) is 3.30. The van der Waals surface area contributed by atoms with Gasteiger partial charge in [0.25, 0.3) is 0 Å². The van der Waals surface area contributed by atoms with Gasteiger partial charge in [-0.15, -0.1) is 0 Å². The maximum absolute atomic E-state index is 12.5. The molecule has 2 saturated heterocycles. The van der Waals surface area contributed by atoms with Crippen molar-refractivity contribution >= 4 is 11.7 Å². The molecule has 0 aromatic heterocycles. The van der Waals surface area contributed by atoms with Crippen molar-refractivity contribution in [2.24, 2.45) is 5.92 Å². The van der Waals surface area contributed by atoms with E-state index in [0.29, 0.717) is 12.5 Å². The third-order valence-electron chi connectivity index (χ3n) is 5.75. The zero-order valence-corrected chi connectivity index (χ0v) is 16.7. The van der Waals surface area contributed by atoms with Gasteiger partial charge in [-0.05, 0) is 29.7 Å². The lowest BCUT2D eigenvalue weighted by atomic mass is 9.97. The fourth-order valence-corrected chi connectivity index (χ4v) is 4.11. The number of morpholine rings is 1. The minimum absolute atomic E-state index is 0.172. The van der Waals surface area contributed by atoms with E-state index in [-0.39, 0.29) is 12.1 Å². The lowest BCUT2D eigenvalue weighted by molar-refractivity contribution is 0.00222. The second-order valence-corrected chi connectivity index (χ2v) is 7.62. The molecule has 6 nitrogen and oxygen atoms in total. The van der Waals surface area contributed by atoms with E-state index >= 15 is 0 Å². The molecule has 6 heteroatoms. The van der Waals surface area contributed by atoms with E-state index < -0.39 is 0 Å². The molecule has 2 fully saturated rings. The monoisotopic (exact) mass is 395 g/mol. The number of carbonyl (C=O) groups excluding carboxylic acids is 1. The number of anilines is 1. The molecule has 2 N–H and O–H groups in total. The minimum Gasteiger partial charge on any atom is -0.381 e. The summed E-state index contributed by atoms with van der Waals surface area (Å²) in [7, 11) is 0. The Kier molecular flexibility index (Phi) is 6.77. The molecule has 2 atom stereocenters. The van der Waals surface area contributed by atoms with E-state index in [1.807, 2.05) is 42.5 Å². The van der Waals surface area contributed by atoms with Crippen molar-refractivity contribution in [3.05, 3.63) is 54.6 Å². The van der Waals surface area contributed by atoms with Crippen LogP contribution in [-0.2, 0) is 9.47 Å². The van der Waals surface area contributed by atoms with Crippen molar-refractivity contribution in [1.82, 2.24) is 10.2 Å². The molecular weight excluding hydrogens is 366 g/mol. The summed E-state index contributed by atoms with van der Waals surface area (Å²) in [5, 5.41) is 6.01. The number of carbonyl (C=O) groups is 1. The molecule has 2 aliphatic rings. The van der Waals surface area contributed by atoms with Crippen LogP contribution in [-0.4, -0.2) is 63.0 Å². The SMILES string of the molecule is O=C(NCC(C1CCOC1)N1CCOCC1)Nc1ccc(-c2ccccc2)cc1. The summed E-state index contributed by atoms with van der Waals surface area (Å²) >= 11 is 0. The summed E-state index contributed by atoms with van der Waals surface area (Å²) < 4.78 is 11.1. The van der Waals surface area contributed by atoms with Crippen molar-refractivity contribution in [2.75, 3.05) is 51.4 Å². The van der Waals surface area contributed by atoms with Crippen molar-refractivity contribution < 1.29 is 14.3 Å². The molecule has 4 rings (SSSR count). The van der Waals surface area contributed by atoms with Crippen LogP contribution >= 0.6 is 0 Å². The molecule has 0 aliphatic carbocycles. The minimum atomic E-state index is -0.172. The Balaban J connectivity index is 1.32. The maximum Gasteiger partial charge on any atom is 0.319 e. The molecular formula is C23H29N3O3. The predicted molar refractivity (Wildman–Crippen MR) is 114 cm³/mol. The van der Waals surface area contributed by atoms with Gasteiger partial charge in [0, 0.05) is 43.9 Å². The summed E-state index contributed by atoms with van der Waals surface area (Å²) in [6, 6.07) is 18.2. The molecule has 0 spiro atoms. The lowest BCUT2D eigenvalue weighted by Gasteiger charge is -2.37. The van der Waals surface area contributed by atoms with Gasteiger partial charge in [0.2, 0.25) is 0 Å². The van der Waals surface area contributed by atoms with Gasteiger partial charge in [0.05, 0.1) is 19.8 Å². The molecule has 0 bridgehead atoms. The van der Waals surface area contributed by atoms with Crippen LogP contribution in [0.5, 0.6) is 0 Å². The summed E-state index contributed by atoms with van der Waals surface area (Å²) in [6.45, 7) is 5.52. The Morgan fingerprint density at radius 3 is 2.38 bits per heavy atom. The van der Waals surface area contributed by atoms with Gasteiger partial charge in [-0.3, -0.25) is 4.90 Å². The molecule has 2 aromatic rings. The van der Waals surface area contributed by atoms with Gasteiger partial charge >= 0.3 is 6.03 Å². The Labute approximate surface area is 172 Å². The standard InChI is InChI=1S/C23H29N3O3/c27-23(25-21-8-6-19(7-9-21)18-4-2-1-3-5-18)24-16-22(20-10-13-29-17-20)26-11-14-28-15-12-26/h1-9,20,22H,10-17H2,(H2,24,25,27). The first-order valence-corrected chi connectivity index (χ1v) is 10.4. The Morgan fingerprint density at radius 1 is 0.966 bits per heavy atom. The quantitative estimate of drug-likeness (QED) is 0.788. The Morgan fingerprint density at radius 2 is 1.69 bits per heavy atom. The number of nitrogens with zero attached hydrogens (tertiary/aromatic N) is 1. The van der Waals surface area contributed by atoms with Crippen LogP contribution in [0.3, 0.4) is 0 Å². The number of amides is 2. The highest BCUT2D eigenvalue weighted by atomic mass is 16.5. The van der Waals surface area contributed by atoms with Crippen LogP contribution in [0.15, 0.2) is 54.6 Å². The van der Waals surface area contributed by atoms with E-state index in [4.69, 9.17) is 9.47 Å². The zero-order chi connectivity index (χ0) is 19.9. The molecule has 2 heterocycles. The van der Waals surface area contributed by atoms with Gasteiger partial charge < -0.3 is 20.1 Å². The van der Waals surface area contributed by atoms with Crippen molar-refractivity contribution in [3.8, 4) is 11.1 Å². The number of ether oxygens (including phenoxy) is 2. The van der Waals surface area contributed by atoms with E-state index in [9.17, 15) is 4.79 Å². The van der Waals surface area contributed by atoms with Crippen LogP contribution < -0.4 is 10.6 Å². The van der Waals surface area contributed by atoms with E-state index in [0.717, 1.165) is 62.8 Å². The maximum atomic E-state index is 12.5. The number of urea groups is 1. The molecule has 0 radical (unpaired) electrons. The van der Waals surface area contributed by atoms with Crippen LogP contribution in [0.25, 0.3) is 11.1 Å². The highest BCUT2D eigenvalue weighted by Gasteiger charge is 2.31. The second kappa shape index (κ2) is 9.87. The van der Waals surface area contributed by atoms with E-state index in [1.54, 1.807) is 0 Å². The van der Waals surface area contributed by atoms with Crippen LogP contribution in [0, 0.1) is 5.92 Å². The van der Waals surface area contributed by atoms with Gasteiger partial charge in [-0.2, -0.15) is 0 Å². The number of rotatable bonds is 6. The summed E-state index contributed by atoms with van der Waals surface area (Å²) in [6.07, 6.45) is 1.05. The van der Waals surface area contributed by atoms with Gasteiger partial charge in [-0.25, -0.2) is 4.79 Å². The van der Waals surface area contributed by atoms with Crippen molar-refractivity contribution in [3.63, 3.8) is 0 Å². The average molecular weight is 396 g/mol. The number of nitrogens with one attached hydrogen (secondary N) is 2. The normalized spacial score (nSPS) is 20.9. The lowest BCUT2D eigenvalue weighted by Crippen LogP contribution is -2.52. The largest absolute Gasteiger partial charge is 0.381 e. The summed E-state index contributed by atoms with van der Waals surface area (Å²) in [4.78, 5) is 14.9. The van der Waals surface area contributed by atoms with Crippen LogP contribution in [0.4, 0.5) is 10.5 Å². The fourth-order valence-electron chi connectivity index (χ4n) is 4.11. The number of hydrogen-bond acceptors (Lipinski definition) is 4. The van der Waals surface area contributed by atoms with E-state index in [1.165, 1.54) is 0 Å². The molecule has 29 heavy (non-hydrogen) atoms. The summed E-state index contributed by atoms with van der Waals surface area (Å²) in [5.74, 6) is 0.457. The number of hydrogen-bond donors (Lipinski definition) is 2. The summed E-state index contributed by atoms with van der Waals surface area (Å²) in [5.41, 5.74) is 3.08. The van der Waals surface area contributed by atoms with Gasteiger partial charge in [0.1, 0.15) is 0 Å². The topological polar surface area (TPSA) is 62.8 Å². The predicted octanol–water partition coefficient (Wildman–Crippen LogP) is 3.21. The smallest absolute Gasteiger partial charge is 0.319 e. The van der Waals surface area contributed by atoms with Crippen molar-refractivity contribution in [2.45, 2.75) is 12.5 Å². The first kappa shape index (κ1) is 19.9. The Hall–Kier alpha value is -2.41. The number of benzene rings is 2. The van der Waals surface area contributed by atoms with Crippen molar-refractivity contribution in [1.29, 1.82) is 0 Å². The van der Waals surface area contributed by atoms with Gasteiger partial charge in [0.15, 0.2) is 0 Å². The fraction of sp³-hybridized carbons (Fsp3) is 0.435. The molecule has 0 saturated carbocycles. The third-order valence-corrected chi connectivity index (χ3v) is 5.75. The molecule has 2 aliphatic heterocycles. The van der Waals surface area contributed by atoms with Crippen LogP contribution in [0.2, 0.25) is 0 Å². The molecule has 154 valence electrons. The molecule has 2 amide bonds. The van der Waals surface area contributed by atoms with Gasteiger partial charge in [-0.1, -0.05) is 42.5 Å². The molecule has 2 unspecified atom stereocenters. The van der Waals surface area contributed by atoms with E-state index in [2.05, 4.69) is 27.7 Å². The third kappa shape index (κ3) is 5.35. The second-order valence-electron chi connectivity index (χ2n) is 7.62. The Bertz CT molecular complexity index is 770. The first-order valence-electron chi connectivity index (χ1n) is 10.4. The molecule has 2 aromatic carbocycles. The highest BCUT2D eigenvalue weighted by molar-refractivity contribution is 5.89. The zero-order valence-electron chi connectivity index (χ0n) is 16.7. The highest BCUT2D eigenvalue weighted by Crippen LogP contribution is 2.23.